The van der Waals surface area contributed by atoms with Gasteiger partial charge in [-0.1, -0.05) is 42.5 Å². The largest absolute Gasteiger partial charge is 0.368 e. The van der Waals surface area contributed by atoms with Crippen LogP contribution in [0.2, 0.25) is 0 Å². The second-order valence-corrected chi connectivity index (χ2v) is 9.88. The first-order chi connectivity index (χ1) is 15.6. The van der Waals surface area contributed by atoms with Gasteiger partial charge in [-0.3, -0.25) is 14.5 Å². The van der Waals surface area contributed by atoms with E-state index in [1.165, 1.54) is 5.56 Å². The van der Waals surface area contributed by atoms with Crippen molar-refractivity contribution in [3.05, 3.63) is 42.0 Å². The van der Waals surface area contributed by atoms with Crippen LogP contribution in [0, 0.1) is 11.3 Å². The Labute approximate surface area is 191 Å². The number of ether oxygens (including phenoxy) is 1. The molecule has 0 unspecified atom stereocenters. The van der Waals surface area contributed by atoms with Crippen molar-refractivity contribution in [3.8, 4) is 0 Å². The Balaban J connectivity index is 1.05. The molecule has 1 aromatic carbocycles. The van der Waals surface area contributed by atoms with Gasteiger partial charge in [-0.2, -0.15) is 0 Å². The Hall–Kier alpha value is -2.18. The molecule has 6 heteroatoms. The molecule has 3 saturated heterocycles. The number of hydrogen-bond acceptors (Lipinski definition) is 4. The summed E-state index contributed by atoms with van der Waals surface area (Å²) >= 11 is 0. The topological polar surface area (TPSA) is 53.1 Å². The van der Waals surface area contributed by atoms with E-state index < -0.39 is 0 Å². The molecule has 5 rings (SSSR count). The summed E-state index contributed by atoms with van der Waals surface area (Å²) < 4.78 is 5.57. The first kappa shape index (κ1) is 21.7. The van der Waals surface area contributed by atoms with Crippen molar-refractivity contribution < 1.29 is 14.3 Å². The number of hydrogen-bond donors (Lipinski definition) is 0. The molecule has 0 radical (unpaired) electrons. The van der Waals surface area contributed by atoms with Crippen LogP contribution < -0.4 is 0 Å². The number of nitrogens with zero attached hydrogens (tertiary/aromatic N) is 3. The van der Waals surface area contributed by atoms with Gasteiger partial charge < -0.3 is 14.5 Å². The van der Waals surface area contributed by atoms with Gasteiger partial charge in [0.25, 0.3) is 5.91 Å². The van der Waals surface area contributed by atoms with E-state index in [9.17, 15) is 9.59 Å². The van der Waals surface area contributed by atoms with Crippen molar-refractivity contribution >= 4 is 17.9 Å². The molecule has 4 fully saturated rings. The second kappa shape index (κ2) is 9.36. The van der Waals surface area contributed by atoms with Gasteiger partial charge in [0.15, 0.2) is 0 Å². The smallest absolute Gasteiger partial charge is 0.251 e. The van der Waals surface area contributed by atoms with Crippen LogP contribution in [0.4, 0.5) is 0 Å². The molecule has 6 nitrogen and oxygen atoms in total. The average Bonchev–Trinajstić information content (AvgIpc) is 3.26. The normalized spacial score (nSPS) is 27.9. The summed E-state index contributed by atoms with van der Waals surface area (Å²) in [5, 5.41) is 0. The molecule has 4 aliphatic rings. The Bertz CT molecular complexity index is 833. The van der Waals surface area contributed by atoms with E-state index >= 15 is 0 Å². The molecule has 1 saturated carbocycles. The fourth-order valence-electron chi connectivity index (χ4n) is 5.67. The van der Waals surface area contributed by atoms with Crippen molar-refractivity contribution in [3.63, 3.8) is 0 Å². The molecule has 1 spiro atoms. The molecule has 2 atom stereocenters. The summed E-state index contributed by atoms with van der Waals surface area (Å²) in [5.74, 6) is 0.689. The van der Waals surface area contributed by atoms with Crippen LogP contribution >= 0.6 is 0 Å². The molecule has 3 aliphatic heterocycles. The van der Waals surface area contributed by atoms with Crippen molar-refractivity contribution in [1.29, 1.82) is 0 Å². The lowest BCUT2D eigenvalue weighted by Crippen LogP contribution is -2.50. The lowest BCUT2D eigenvalue weighted by Gasteiger charge is -2.36. The molecular weight excluding hydrogens is 402 g/mol. The van der Waals surface area contributed by atoms with Crippen LogP contribution in [0.1, 0.15) is 37.7 Å². The molecule has 172 valence electrons. The third kappa shape index (κ3) is 4.62. The Kier molecular flexibility index (Phi) is 6.33. The zero-order valence-electron chi connectivity index (χ0n) is 19.0. The van der Waals surface area contributed by atoms with Crippen molar-refractivity contribution in [2.45, 2.75) is 38.2 Å². The van der Waals surface area contributed by atoms with Crippen molar-refractivity contribution in [1.82, 2.24) is 14.7 Å². The highest BCUT2D eigenvalue weighted by Gasteiger charge is 2.59. The quantitative estimate of drug-likeness (QED) is 0.711. The lowest BCUT2D eigenvalue weighted by atomic mass is 9.90. The number of carbonyl (C=O) groups is 2. The van der Waals surface area contributed by atoms with Crippen LogP contribution in [0.5, 0.6) is 0 Å². The van der Waals surface area contributed by atoms with Gasteiger partial charge in [-0.15, -0.1) is 0 Å². The highest BCUT2D eigenvalue weighted by Crippen LogP contribution is 2.60. The van der Waals surface area contributed by atoms with Crippen LogP contribution in [-0.4, -0.2) is 85.0 Å². The molecule has 0 aromatic heterocycles. The van der Waals surface area contributed by atoms with E-state index in [2.05, 4.69) is 46.2 Å². The summed E-state index contributed by atoms with van der Waals surface area (Å²) in [4.78, 5) is 32.2. The summed E-state index contributed by atoms with van der Waals surface area (Å²) in [7, 11) is 0. The SMILES string of the molecule is O=C([C@@H]1CCCO1)N1CCC2(CC1)C[C@H]2C(=O)N1CCN(C/C=C/c2ccccc2)CC1. The summed E-state index contributed by atoms with van der Waals surface area (Å²) in [6.07, 6.45) is 8.94. The monoisotopic (exact) mass is 437 g/mol. The lowest BCUT2D eigenvalue weighted by molar-refractivity contribution is -0.142. The molecule has 0 N–H and O–H groups in total. The Morgan fingerprint density at radius 2 is 1.69 bits per heavy atom. The third-order valence-electron chi connectivity index (χ3n) is 7.92. The average molecular weight is 438 g/mol. The van der Waals surface area contributed by atoms with Crippen molar-refractivity contribution in [2.75, 3.05) is 52.4 Å². The predicted octanol–water partition coefficient (Wildman–Crippen LogP) is 2.65. The summed E-state index contributed by atoms with van der Waals surface area (Å²) in [6.45, 7) is 6.74. The standard InChI is InChI=1S/C26H35N3O3/c30-24(29-17-15-27(16-18-29)12-4-8-21-6-2-1-3-7-21)22-20-26(22)10-13-28(14-11-26)25(31)23-9-5-19-32-23/h1-4,6-8,22-23H,5,9-20H2/b8-4+/t22-,23-/m0/s1. The molecule has 1 aromatic rings. The van der Waals surface area contributed by atoms with E-state index in [4.69, 9.17) is 4.74 Å². The number of piperazine rings is 1. The first-order valence-corrected chi connectivity index (χ1v) is 12.3. The number of benzene rings is 1. The Morgan fingerprint density at radius 1 is 0.969 bits per heavy atom. The predicted molar refractivity (Wildman–Crippen MR) is 124 cm³/mol. The molecule has 32 heavy (non-hydrogen) atoms. The van der Waals surface area contributed by atoms with Gasteiger partial charge in [0.05, 0.1) is 0 Å². The van der Waals surface area contributed by atoms with Gasteiger partial charge in [0.1, 0.15) is 6.10 Å². The number of rotatable bonds is 5. The van der Waals surface area contributed by atoms with Crippen molar-refractivity contribution in [2.24, 2.45) is 11.3 Å². The third-order valence-corrected chi connectivity index (χ3v) is 7.92. The van der Waals surface area contributed by atoms with Crippen LogP contribution in [-0.2, 0) is 14.3 Å². The van der Waals surface area contributed by atoms with Crippen LogP contribution in [0.25, 0.3) is 6.08 Å². The first-order valence-electron chi connectivity index (χ1n) is 12.3. The van der Waals surface area contributed by atoms with Gasteiger partial charge in [0, 0.05) is 58.3 Å². The maximum absolute atomic E-state index is 13.2. The number of piperidine rings is 1. The minimum atomic E-state index is -0.223. The summed E-state index contributed by atoms with van der Waals surface area (Å²) in [5.41, 5.74) is 1.38. The number of carbonyl (C=O) groups excluding carboxylic acids is 2. The van der Waals surface area contributed by atoms with Crippen LogP contribution in [0.3, 0.4) is 0 Å². The molecule has 0 bridgehead atoms. The minimum Gasteiger partial charge on any atom is -0.368 e. The highest BCUT2D eigenvalue weighted by atomic mass is 16.5. The summed E-state index contributed by atoms with van der Waals surface area (Å²) in [6, 6.07) is 10.4. The maximum atomic E-state index is 13.2. The maximum Gasteiger partial charge on any atom is 0.251 e. The molecular formula is C26H35N3O3. The molecule has 3 heterocycles. The zero-order chi connectivity index (χ0) is 22.0. The van der Waals surface area contributed by atoms with Gasteiger partial charge >= 0.3 is 0 Å². The van der Waals surface area contributed by atoms with Gasteiger partial charge in [-0.05, 0) is 43.1 Å². The fourth-order valence-corrected chi connectivity index (χ4v) is 5.67. The highest BCUT2D eigenvalue weighted by molar-refractivity contribution is 5.83. The van der Waals surface area contributed by atoms with E-state index in [1.54, 1.807) is 0 Å². The molecule has 2 amide bonds. The second-order valence-electron chi connectivity index (χ2n) is 9.88. The van der Waals surface area contributed by atoms with Crippen LogP contribution in [0.15, 0.2) is 36.4 Å². The van der Waals surface area contributed by atoms with E-state index in [0.29, 0.717) is 12.5 Å². The Morgan fingerprint density at radius 3 is 2.38 bits per heavy atom. The number of likely N-dealkylation sites (tertiary alicyclic amines) is 1. The van der Waals surface area contributed by atoms with Gasteiger partial charge in [-0.25, -0.2) is 0 Å². The van der Waals surface area contributed by atoms with Gasteiger partial charge in [0.2, 0.25) is 5.91 Å². The number of amides is 2. The van der Waals surface area contributed by atoms with E-state index in [-0.39, 0.29) is 23.3 Å². The van der Waals surface area contributed by atoms with E-state index in [1.807, 2.05) is 11.0 Å². The minimum absolute atomic E-state index is 0.153. The molecule has 1 aliphatic carbocycles. The van der Waals surface area contributed by atoms with E-state index in [0.717, 1.165) is 77.9 Å². The zero-order valence-corrected chi connectivity index (χ0v) is 19.0. The fraction of sp³-hybridized carbons (Fsp3) is 0.615.